The molecule has 86 valence electrons. The van der Waals surface area contributed by atoms with Crippen LogP contribution < -0.4 is 0 Å². The summed E-state index contributed by atoms with van der Waals surface area (Å²) in [6.45, 7) is 5.71. The van der Waals surface area contributed by atoms with E-state index in [0.717, 1.165) is 25.9 Å². The average molecular weight is 211 g/mol. The van der Waals surface area contributed by atoms with Gasteiger partial charge in [-0.3, -0.25) is 4.79 Å². The van der Waals surface area contributed by atoms with Crippen molar-refractivity contribution in [1.82, 2.24) is 4.90 Å². The van der Waals surface area contributed by atoms with E-state index in [1.54, 1.807) is 0 Å². The van der Waals surface area contributed by atoms with Gasteiger partial charge in [0.15, 0.2) is 0 Å². The molecule has 0 amide bonds. The Kier molecular flexibility index (Phi) is 3.01. The van der Waals surface area contributed by atoms with Gasteiger partial charge in [-0.15, -0.1) is 0 Å². The zero-order valence-electron chi connectivity index (χ0n) is 9.79. The van der Waals surface area contributed by atoms with Crippen LogP contribution in [0.15, 0.2) is 0 Å². The molecule has 0 radical (unpaired) electrons. The Morgan fingerprint density at radius 3 is 2.47 bits per heavy atom. The van der Waals surface area contributed by atoms with Gasteiger partial charge in [0.2, 0.25) is 0 Å². The van der Waals surface area contributed by atoms with E-state index in [9.17, 15) is 4.79 Å². The van der Waals surface area contributed by atoms with Crippen LogP contribution in [0.3, 0.4) is 0 Å². The minimum Gasteiger partial charge on any atom is -0.469 e. The van der Waals surface area contributed by atoms with Crippen molar-refractivity contribution in [2.75, 3.05) is 26.7 Å². The summed E-state index contributed by atoms with van der Waals surface area (Å²) in [4.78, 5) is 13.8. The molecule has 0 spiro atoms. The quantitative estimate of drug-likeness (QED) is 0.665. The Bertz CT molecular complexity index is 240. The second kappa shape index (κ2) is 4.12. The van der Waals surface area contributed by atoms with Crippen LogP contribution in [-0.4, -0.2) is 37.6 Å². The van der Waals surface area contributed by atoms with Crippen molar-refractivity contribution in [2.45, 2.75) is 32.6 Å². The standard InChI is InChI=1S/C12H21NO2/c1-12(5-6-12)9-13-7-3-10(4-8-13)11(14)15-2/h10H,3-9H2,1-2H3. The predicted octanol–water partition coefficient (Wildman–Crippen LogP) is 1.67. The van der Waals surface area contributed by atoms with Crippen LogP contribution >= 0.6 is 0 Å². The zero-order chi connectivity index (χ0) is 10.9. The molecular formula is C12H21NO2. The van der Waals surface area contributed by atoms with Crippen molar-refractivity contribution in [3.05, 3.63) is 0 Å². The van der Waals surface area contributed by atoms with Gasteiger partial charge in [-0.05, 0) is 44.2 Å². The Morgan fingerprint density at radius 1 is 1.40 bits per heavy atom. The molecule has 3 nitrogen and oxygen atoms in total. The fourth-order valence-corrected chi connectivity index (χ4v) is 2.40. The maximum absolute atomic E-state index is 11.3. The summed E-state index contributed by atoms with van der Waals surface area (Å²) < 4.78 is 4.78. The topological polar surface area (TPSA) is 29.5 Å². The second-order valence-electron chi connectivity index (χ2n) is 5.38. The van der Waals surface area contributed by atoms with E-state index < -0.39 is 0 Å². The fraction of sp³-hybridized carbons (Fsp3) is 0.917. The molecule has 0 unspecified atom stereocenters. The van der Waals surface area contributed by atoms with Gasteiger partial charge in [0, 0.05) is 6.54 Å². The minimum absolute atomic E-state index is 0.0210. The number of hydrogen-bond acceptors (Lipinski definition) is 3. The molecule has 1 aliphatic carbocycles. The number of likely N-dealkylation sites (tertiary alicyclic amines) is 1. The van der Waals surface area contributed by atoms with E-state index in [-0.39, 0.29) is 11.9 Å². The minimum atomic E-state index is -0.0210. The number of methoxy groups -OCH3 is 1. The average Bonchev–Trinajstić information content (AvgIpc) is 2.96. The van der Waals surface area contributed by atoms with Crippen LogP contribution in [0.5, 0.6) is 0 Å². The lowest BCUT2D eigenvalue weighted by Gasteiger charge is -2.32. The van der Waals surface area contributed by atoms with E-state index in [1.807, 2.05) is 0 Å². The number of esters is 1. The van der Waals surface area contributed by atoms with E-state index >= 15 is 0 Å². The normalized spacial score (nSPS) is 26.3. The van der Waals surface area contributed by atoms with Crippen LogP contribution in [0.2, 0.25) is 0 Å². The number of carbonyl (C=O) groups excluding carboxylic acids is 1. The Balaban J connectivity index is 1.74. The van der Waals surface area contributed by atoms with E-state index in [1.165, 1.54) is 26.5 Å². The lowest BCUT2D eigenvalue weighted by atomic mass is 9.96. The largest absolute Gasteiger partial charge is 0.469 e. The molecule has 2 rings (SSSR count). The number of carbonyl (C=O) groups is 1. The maximum atomic E-state index is 11.3. The van der Waals surface area contributed by atoms with Gasteiger partial charge in [0.05, 0.1) is 13.0 Å². The highest BCUT2D eigenvalue weighted by molar-refractivity contribution is 5.72. The third-order valence-electron chi connectivity index (χ3n) is 3.83. The number of hydrogen-bond donors (Lipinski definition) is 0. The van der Waals surface area contributed by atoms with Gasteiger partial charge in [-0.1, -0.05) is 6.92 Å². The molecule has 1 saturated carbocycles. The van der Waals surface area contributed by atoms with Crippen LogP contribution in [0.1, 0.15) is 32.6 Å². The first kappa shape index (κ1) is 10.9. The maximum Gasteiger partial charge on any atom is 0.308 e. The van der Waals surface area contributed by atoms with E-state index in [2.05, 4.69) is 11.8 Å². The number of piperidine rings is 1. The zero-order valence-corrected chi connectivity index (χ0v) is 9.79. The highest BCUT2D eigenvalue weighted by atomic mass is 16.5. The molecule has 2 fully saturated rings. The van der Waals surface area contributed by atoms with E-state index in [0.29, 0.717) is 5.41 Å². The third-order valence-corrected chi connectivity index (χ3v) is 3.83. The third kappa shape index (κ3) is 2.71. The summed E-state index contributed by atoms with van der Waals surface area (Å²) in [6.07, 6.45) is 4.71. The molecular weight excluding hydrogens is 190 g/mol. The molecule has 0 aromatic heterocycles. The predicted molar refractivity (Wildman–Crippen MR) is 58.5 cm³/mol. The van der Waals surface area contributed by atoms with Gasteiger partial charge in [0.1, 0.15) is 0 Å². The summed E-state index contributed by atoms with van der Waals surface area (Å²) in [6, 6.07) is 0. The van der Waals surface area contributed by atoms with Crippen molar-refractivity contribution >= 4 is 5.97 Å². The lowest BCUT2D eigenvalue weighted by molar-refractivity contribution is -0.147. The molecule has 0 aromatic carbocycles. The van der Waals surface area contributed by atoms with Crippen LogP contribution in [-0.2, 0) is 9.53 Å². The van der Waals surface area contributed by atoms with E-state index in [4.69, 9.17) is 4.74 Å². The molecule has 2 aliphatic rings. The lowest BCUT2D eigenvalue weighted by Crippen LogP contribution is -2.39. The molecule has 0 atom stereocenters. The molecule has 15 heavy (non-hydrogen) atoms. The number of nitrogens with zero attached hydrogens (tertiary/aromatic N) is 1. The molecule has 0 aromatic rings. The van der Waals surface area contributed by atoms with Crippen molar-refractivity contribution in [2.24, 2.45) is 11.3 Å². The number of ether oxygens (including phenoxy) is 1. The summed E-state index contributed by atoms with van der Waals surface area (Å²) >= 11 is 0. The van der Waals surface area contributed by atoms with Gasteiger partial charge in [-0.25, -0.2) is 0 Å². The second-order valence-corrected chi connectivity index (χ2v) is 5.38. The van der Waals surface area contributed by atoms with Gasteiger partial charge in [-0.2, -0.15) is 0 Å². The molecule has 0 N–H and O–H groups in total. The van der Waals surface area contributed by atoms with Crippen molar-refractivity contribution in [3.8, 4) is 0 Å². The first-order chi connectivity index (χ1) is 7.13. The molecule has 1 aliphatic heterocycles. The molecule has 0 bridgehead atoms. The van der Waals surface area contributed by atoms with Crippen LogP contribution in [0, 0.1) is 11.3 Å². The summed E-state index contributed by atoms with van der Waals surface area (Å²) in [5.74, 6) is 0.130. The summed E-state index contributed by atoms with van der Waals surface area (Å²) in [5, 5.41) is 0. The van der Waals surface area contributed by atoms with Gasteiger partial charge in [0.25, 0.3) is 0 Å². The van der Waals surface area contributed by atoms with Gasteiger partial charge >= 0.3 is 5.97 Å². The van der Waals surface area contributed by atoms with Crippen molar-refractivity contribution in [1.29, 1.82) is 0 Å². The smallest absolute Gasteiger partial charge is 0.308 e. The Hall–Kier alpha value is -0.570. The fourth-order valence-electron chi connectivity index (χ4n) is 2.40. The SMILES string of the molecule is COC(=O)C1CCN(CC2(C)CC2)CC1. The highest BCUT2D eigenvalue weighted by Gasteiger charge is 2.39. The summed E-state index contributed by atoms with van der Waals surface area (Å²) in [5.41, 5.74) is 0.595. The Labute approximate surface area is 91.8 Å². The summed E-state index contributed by atoms with van der Waals surface area (Å²) in [7, 11) is 1.49. The van der Waals surface area contributed by atoms with Gasteiger partial charge < -0.3 is 9.64 Å². The number of rotatable bonds is 3. The monoisotopic (exact) mass is 211 g/mol. The molecule has 3 heteroatoms. The molecule has 1 saturated heterocycles. The van der Waals surface area contributed by atoms with Crippen molar-refractivity contribution < 1.29 is 9.53 Å². The first-order valence-electron chi connectivity index (χ1n) is 5.93. The van der Waals surface area contributed by atoms with Crippen LogP contribution in [0.4, 0.5) is 0 Å². The Morgan fingerprint density at radius 2 is 2.00 bits per heavy atom. The van der Waals surface area contributed by atoms with Crippen LogP contribution in [0.25, 0.3) is 0 Å². The first-order valence-corrected chi connectivity index (χ1v) is 5.93. The molecule has 1 heterocycles. The highest BCUT2D eigenvalue weighted by Crippen LogP contribution is 2.45. The van der Waals surface area contributed by atoms with Crippen molar-refractivity contribution in [3.63, 3.8) is 0 Å².